The summed E-state index contributed by atoms with van der Waals surface area (Å²) in [5.74, 6) is 1.17. The van der Waals surface area contributed by atoms with Gasteiger partial charge < -0.3 is 15.5 Å². The smallest absolute Gasteiger partial charge is 0.222 e. The minimum Gasteiger partial charge on any atom is -0.355 e. The van der Waals surface area contributed by atoms with Gasteiger partial charge in [-0.1, -0.05) is 49.9 Å². The SMILES string of the molecule is CN=C(NCc1ccc(CN2CCCC2=O)cc1)NCC1(N2CCCCC2)CCCCC1.I. The Kier molecular flexibility index (Phi) is 10.3. The third-order valence-corrected chi connectivity index (χ3v) is 7.65. The molecule has 1 saturated carbocycles. The van der Waals surface area contributed by atoms with Gasteiger partial charge in [-0.05, 0) is 56.3 Å². The van der Waals surface area contributed by atoms with Crippen LogP contribution in [0.1, 0.15) is 75.3 Å². The Morgan fingerprint density at radius 1 is 0.909 bits per heavy atom. The number of rotatable bonds is 7. The van der Waals surface area contributed by atoms with Gasteiger partial charge in [0.1, 0.15) is 0 Å². The molecule has 0 aromatic heterocycles. The highest BCUT2D eigenvalue weighted by Crippen LogP contribution is 2.35. The molecule has 1 amide bonds. The zero-order chi connectivity index (χ0) is 22.2. The number of piperidine rings is 1. The van der Waals surface area contributed by atoms with E-state index in [1.54, 1.807) is 0 Å². The predicted octanol–water partition coefficient (Wildman–Crippen LogP) is 4.28. The number of benzene rings is 1. The molecule has 1 aromatic carbocycles. The second-order valence-electron chi connectivity index (χ2n) is 9.85. The molecule has 0 unspecified atom stereocenters. The molecule has 2 aliphatic heterocycles. The predicted molar refractivity (Wildman–Crippen MR) is 146 cm³/mol. The fourth-order valence-electron chi connectivity index (χ4n) is 5.69. The normalized spacial score (nSPS) is 21.5. The van der Waals surface area contributed by atoms with Crippen molar-refractivity contribution in [3.05, 3.63) is 35.4 Å². The van der Waals surface area contributed by atoms with E-state index < -0.39 is 0 Å². The number of halogens is 1. The highest BCUT2D eigenvalue weighted by molar-refractivity contribution is 14.0. The number of likely N-dealkylation sites (tertiary alicyclic amines) is 2. The number of carbonyl (C=O) groups is 1. The number of carbonyl (C=O) groups excluding carboxylic acids is 1. The third-order valence-electron chi connectivity index (χ3n) is 7.65. The molecule has 4 rings (SSSR count). The van der Waals surface area contributed by atoms with Crippen LogP contribution in [0.15, 0.2) is 29.3 Å². The molecule has 1 aliphatic carbocycles. The van der Waals surface area contributed by atoms with Gasteiger partial charge >= 0.3 is 0 Å². The van der Waals surface area contributed by atoms with Crippen molar-refractivity contribution in [2.45, 2.75) is 82.8 Å². The molecule has 33 heavy (non-hydrogen) atoms. The lowest BCUT2D eigenvalue weighted by Gasteiger charge is -2.48. The topological polar surface area (TPSA) is 60.0 Å². The lowest BCUT2D eigenvalue weighted by atomic mass is 9.79. The first-order chi connectivity index (χ1) is 15.7. The largest absolute Gasteiger partial charge is 0.355 e. The van der Waals surface area contributed by atoms with Crippen molar-refractivity contribution < 1.29 is 4.79 Å². The summed E-state index contributed by atoms with van der Waals surface area (Å²) >= 11 is 0. The number of nitrogens with one attached hydrogen (secondary N) is 2. The number of guanidine groups is 1. The number of nitrogens with zero attached hydrogens (tertiary/aromatic N) is 3. The summed E-state index contributed by atoms with van der Waals surface area (Å²) in [5, 5.41) is 7.17. The number of hydrogen-bond acceptors (Lipinski definition) is 3. The molecule has 0 bridgehead atoms. The molecular formula is C26H42IN5O. The van der Waals surface area contributed by atoms with Crippen LogP contribution in [0, 0.1) is 0 Å². The van der Waals surface area contributed by atoms with Gasteiger partial charge in [-0.15, -0.1) is 24.0 Å². The summed E-state index contributed by atoms with van der Waals surface area (Å²) in [6, 6.07) is 8.61. The molecule has 2 N–H and O–H groups in total. The van der Waals surface area contributed by atoms with Gasteiger partial charge in [0, 0.05) is 45.2 Å². The Labute approximate surface area is 217 Å². The van der Waals surface area contributed by atoms with Crippen molar-refractivity contribution >= 4 is 35.8 Å². The van der Waals surface area contributed by atoms with Gasteiger partial charge in [-0.2, -0.15) is 0 Å². The minimum atomic E-state index is 0. The molecular weight excluding hydrogens is 525 g/mol. The molecule has 184 valence electrons. The molecule has 0 radical (unpaired) electrons. The zero-order valence-corrected chi connectivity index (χ0v) is 22.6. The Morgan fingerprint density at radius 3 is 2.21 bits per heavy atom. The molecule has 3 fully saturated rings. The quantitative estimate of drug-likeness (QED) is 0.294. The van der Waals surface area contributed by atoms with Crippen LogP contribution >= 0.6 is 24.0 Å². The van der Waals surface area contributed by atoms with Crippen molar-refractivity contribution in [1.29, 1.82) is 0 Å². The van der Waals surface area contributed by atoms with E-state index in [4.69, 9.17) is 0 Å². The van der Waals surface area contributed by atoms with Gasteiger partial charge in [-0.3, -0.25) is 14.7 Å². The van der Waals surface area contributed by atoms with E-state index in [0.717, 1.165) is 38.6 Å². The maximum atomic E-state index is 11.8. The van der Waals surface area contributed by atoms with Crippen molar-refractivity contribution in [3.8, 4) is 0 Å². The molecule has 2 saturated heterocycles. The van der Waals surface area contributed by atoms with Crippen LogP contribution < -0.4 is 10.6 Å². The third kappa shape index (κ3) is 7.07. The average molecular weight is 568 g/mol. The van der Waals surface area contributed by atoms with Crippen LogP contribution in [0.2, 0.25) is 0 Å². The summed E-state index contributed by atoms with van der Waals surface area (Å²) in [7, 11) is 1.86. The van der Waals surface area contributed by atoms with E-state index in [1.807, 2.05) is 11.9 Å². The standard InChI is InChI=1S/C26H41N5O.HI/c1-27-25(29-21-26(14-4-2-5-15-26)31-17-6-3-7-18-31)28-19-22-10-12-23(13-11-22)20-30-16-8-9-24(30)32;/h10-13H,2-9,14-21H2,1H3,(H2,27,28,29);1H. The fraction of sp³-hybridized carbons (Fsp3) is 0.692. The molecule has 2 heterocycles. The monoisotopic (exact) mass is 567 g/mol. The van der Waals surface area contributed by atoms with Crippen LogP contribution in [0.25, 0.3) is 0 Å². The molecule has 7 heteroatoms. The summed E-state index contributed by atoms with van der Waals surface area (Å²) in [6.07, 6.45) is 12.4. The highest BCUT2D eigenvalue weighted by atomic mass is 127. The molecule has 1 aromatic rings. The first-order valence-corrected chi connectivity index (χ1v) is 12.7. The van der Waals surface area contributed by atoms with E-state index in [2.05, 4.69) is 44.8 Å². The second-order valence-corrected chi connectivity index (χ2v) is 9.85. The summed E-state index contributed by atoms with van der Waals surface area (Å²) in [6.45, 7) is 5.86. The molecule has 0 atom stereocenters. The van der Waals surface area contributed by atoms with Crippen LogP contribution in [0.3, 0.4) is 0 Å². The second kappa shape index (κ2) is 12.9. The van der Waals surface area contributed by atoms with Gasteiger partial charge in [0.25, 0.3) is 0 Å². The van der Waals surface area contributed by atoms with Gasteiger partial charge in [-0.25, -0.2) is 0 Å². The summed E-state index contributed by atoms with van der Waals surface area (Å²) in [4.78, 5) is 21.1. The Hall–Kier alpha value is -1.35. The maximum absolute atomic E-state index is 11.8. The zero-order valence-electron chi connectivity index (χ0n) is 20.3. The Bertz CT molecular complexity index is 769. The lowest BCUT2D eigenvalue weighted by molar-refractivity contribution is -0.128. The van der Waals surface area contributed by atoms with Crippen LogP contribution in [0.5, 0.6) is 0 Å². The van der Waals surface area contributed by atoms with E-state index in [0.29, 0.717) is 12.0 Å². The lowest BCUT2D eigenvalue weighted by Crippen LogP contribution is -2.59. The first-order valence-electron chi connectivity index (χ1n) is 12.7. The van der Waals surface area contributed by atoms with E-state index >= 15 is 0 Å². The van der Waals surface area contributed by atoms with Crippen molar-refractivity contribution in [3.63, 3.8) is 0 Å². The Morgan fingerprint density at radius 2 is 1.58 bits per heavy atom. The van der Waals surface area contributed by atoms with Crippen molar-refractivity contribution in [1.82, 2.24) is 20.4 Å². The number of amides is 1. The van der Waals surface area contributed by atoms with E-state index in [-0.39, 0.29) is 29.9 Å². The maximum Gasteiger partial charge on any atom is 0.222 e. The highest BCUT2D eigenvalue weighted by Gasteiger charge is 2.38. The van der Waals surface area contributed by atoms with Gasteiger partial charge in [0.2, 0.25) is 5.91 Å². The Balaban J connectivity index is 0.00000306. The van der Waals surface area contributed by atoms with E-state index in [9.17, 15) is 4.79 Å². The van der Waals surface area contributed by atoms with Crippen LogP contribution in [-0.2, 0) is 17.9 Å². The van der Waals surface area contributed by atoms with Gasteiger partial charge in [0.15, 0.2) is 5.96 Å². The molecule has 6 nitrogen and oxygen atoms in total. The summed E-state index contributed by atoms with van der Waals surface area (Å²) in [5.41, 5.74) is 2.73. The van der Waals surface area contributed by atoms with Crippen LogP contribution in [0.4, 0.5) is 0 Å². The first kappa shape index (κ1) is 26.3. The van der Waals surface area contributed by atoms with Crippen molar-refractivity contribution in [2.75, 3.05) is 33.2 Å². The average Bonchev–Trinajstić information content (AvgIpc) is 3.25. The molecule has 0 spiro atoms. The van der Waals surface area contributed by atoms with Crippen molar-refractivity contribution in [2.24, 2.45) is 4.99 Å². The molecule has 3 aliphatic rings. The minimum absolute atomic E-state index is 0. The van der Waals surface area contributed by atoms with E-state index in [1.165, 1.54) is 75.6 Å². The number of hydrogen-bond donors (Lipinski definition) is 2. The fourth-order valence-corrected chi connectivity index (χ4v) is 5.69. The number of aliphatic imine (C=N–C) groups is 1. The van der Waals surface area contributed by atoms with Gasteiger partial charge in [0.05, 0.1) is 0 Å². The van der Waals surface area contributed by atoms with Crippen LogP contribution in [-0.4, -0.2) is 60.4 Å². The summed E-state index contributed by atoms with van der Waals surface area (Å²) < 4.78 is 0.